The number of hydrogen-bond acceptors (Lipinski definition) is 1. The van der Waals surface area contributed by atoms with E-state index >= 15 is 0 Å². The summed E-state index contributed by atoms with van der Waals surface area (Å²) in [6.45, 7) is 0. The first kappa shape index (κ1) is 9.42. The SMILES string of the molecule is CN=C(N)C1CCCC(F)(F)C1. The molecule has 1 saturated carbocycles. The van der Waals surface area contributed by atoms with Gasteiger partial charge in [0.25, 0.3) is 0 Å². The topological polar surface area (TPSA) is 38.4 Å². The Morgan fingerprint density at radius 3 is 2.75 bits per heavy atom. The van der Waals surface area contributed by atoms with Crippen LogP contribution in [0.15, 0.2) is 4.99 Å². The second kappa shape index (κ2) is 3.37. The van der Waals surface area contributed by atoms with Gasteiger partial charge in [-0.05, 0) is 12.8 Å². The third-order valence-electron chi connectivity index (χ3n) is 2.32. The molecule has 70 valence electrons. The van der Waals surface area contributed by atoms with Crippen LogP contribution in [0.5, 0.6) is 0 Å². The van der Waals surface area contributed by atoms with E-state index in [-0.39, 0.29) is 18.8 Å². The number of aliphatic imine (C=N–C) groups is 1. The first-order valence-electron chi connectivity index (χ1n) is 4.15. The Kier molecular flexibility index (Phi) is 2.65. The van der Waals surface area contributed by atoms with E-state index in [9.17, 15) is 8.78 Å². The lowest BCUT2D eigenvalue weighted by molar-refractivity contribution is -0.0428. The predicted octanol–water partition coefficient (Wildman–Crippen LogP) is 1.80. The Hall–Kier alpha value is -0.670. The van der Waals surface area contributed by atoms with Crippen LogP contribution in [0.25, 0.3) is 0 Å². The number of hydrogen-bond donors (Lipinski definition) is 1. The summed E-state index contributed by atoms with van der Waals surface area (Å²) in [5.74, 6) is -2.37. The van der Waals surface area contributed by atoms with Crippen LogP contribution in [0.2, 0.25) is 0 Å². The average molecular weight is 176 g/mol. The highest BCUT2D eigenvalue weighted by Crippen LogP contribution is 2.36. The lowest BCUT2D eigenvalue weighted by Crippen LogP contribution is -2.34. The van der Waals surface area contributed by atoms with Crippen LogP contribution in [0.1, 0.15) is 25.7 Å². The Labute approximate surface area is 70.9 Å². The molecular formula is C8H14F2N2. The summed E-state index contributed by atoms with van der Waals surface area (Å²) in [4.78, 5) is 3.74. The molecular weight excluding hydrogens is 162 g/mol. The van der Waals surface area contributed by atoms with Gasteiger partial charge >= 0.3 is 0 Å². The molecule has 1 aliphatic carbocycles. The number of nitrogens with zero attached hydrogens (tertiary/aromatic N) is 1. The third-order valence-corrected chi connectivity index (χ3v) is 2.32. The smallest absolute Gasteiger partial charge is 0.248 e. The second-order valence-corrected chi connectivity index (χ2v) is 3.30. The van der Waals surface area contributed by atoms with Crippen molar-refractivity contribution in [1.29, 1.82) is 0 Å². The van der Waals surface area contributed by atoms with E-state index in [1.54, 1.807) is 7.05 Å². The molecule has 1 atom stereocenters. The van der Waals surface area contributed by atoms with Crippen LogP contribution < -0.4 is 5.73 Å². The molecule has 4 heteroatoms. The highest BCUT2D eigenvalue weighted by atomic mass is 19.3. The van der Waals surface area contributed by atoms with Gasteiger partial charge in [0.2, 0.25) is 5.92 Å². The molecule has 0 aliphatic heterocycles. The van der Waals surface area contributed by atoms with Gasteiger partial charge < -0.3 is 5.73 Å². The van der Waals surface area contributed by atoms with Gasteiger partial charge in [0.15, 0.2) is 0 Å². The third kappa shape index (κ3) is 2.16. The average Bonchev–Trinajstić information content (AvgIpc) is 2.01. The summed E-state index contributed by atoms with van der Waals surface area (Å²) in [5.41, 5.74) is 5.49. The Morgan fingerprint density at radius 1 is 1.58 bits per heavy atom. The number of halogens is 2. The van der Waals surface area contributed by atoms with Crippen LogP contribution in [-0.4, -0.2) is 18.8 Å². The predicted molar refractivity (Wildman–Crippen MR) is 44.5 cm³/mol. The van der Waals surface area contributed by atoms with E-state index in [0.717, 1.165) is 6.42 Å². The van der Waals surface area contributed by atoms with Crippen molar-refractivity contribution in [2.45, 2.75) is 31.6 Å². The van der Waals surface area contributed by atoms with Gasteiger partial charge in [0.1, 0.15) is 0 Å². The lowest BCUT2D eigenvalue weighted by atomic mass is 9.86. The van der Waals surface area contributed by atoms with E-state index in [1.807, 2.05) is 0 Å². The van der Waals surface area contributed by atoms with Crippen molar-refractivity contribution in [2.24, 2.45) is 16.6 Å². The molecule has 1 rings (SSSR count). The maximum absolute atomic E-state index is 12.8. The fraction of sp³-hybridized carbons (Fsp3) is 0.875. The van der Waals surface area contributed by atoms with Crippen molar-refractivity contribution in [2.75, 3.05) is 7.05 Å². The molecule has 2 nitrogen and oxygen atoms in total. The van der Waals surface area contributed by atoms with Crippen molar-refractivity contribution < 1.29 is 8.78 Å². The van der Waals surface area contributed by atoms with Gasteiger partial charge in [-0.25, -0.2) is 8.78 Å². The maximum Gasteiger partial charge on any atom is 0.248 e. The van der Waals surface area contributed by atoms with Gasteiger partial charge in [-0.15, -0.1) is 0 Å². The first-order chi connectivity index (χ1) is 5.55. The van der Waals surface area contributed by atoms with E-state index in [0.29, 0.717) is 12.3 Å². The minimum Gasteiger partial charge on any atom is -0.387 e. The molecule has 0 radical (unpaired) electrons. The summed E-state index contributed by atoms with van der Waals surface area (Å²) in [5, 5.41) is 0. The number of nitrogens with two attached hydrogens (primary N) is 1. The lowest BCUT2D eigenvalue weighted by Gasteiger charge is -2.28. The molecule has 12 heavy (non-hydrogen) atoms. The summed E-state index contributed by atoms with van der Waals surface area (Å²) in [6.07, 6.45) is 1.17. The standard InChI is InChI=1S/C8H14F2N2/c1-12-7(11)6-3-2-4-8(9,10)5-6/h6H,2-5H2,1H3,(H2,11,12). The van der Waals surface area contributed by atoms with Crippen LogP contribution in [0.4, 0.5) is 8.78 Å². The zero-order valence-corrected chi connectivity index (χ0v) is 7.19. The summed E-state index contributed by atoms with van der Waals surface area (Å²) >= 11 is 0. The van der Waals surface area contributed by atoms with E-state index < -0.39 is 5.92 Å². The summed E-state index contributed by atoms with van der Waals surface area (Å²) in [7, 11) is 1.54. The van der Waals surface area contributed by atoms with Crippen molar-refractivity contribution in [3.8, 4) is 0 Å². The number of rotatable bonds is 1. The second-order valence-electron chi connectivity index (χ2n) is 3.30. The molecule has 0 saturated heterocycles. The number of alkyl halides is 2. The van der Waals surface area contributed by atoms with Gasteiger partial charge in [-0.3, -0.25) is 4.99 Å². The minimum absolute atomic E-state index is 0.000490. The normalized spacial score (nSPS) is 30.2. The molecule has 1 fully saturated rings. The molecule has 0 aromatic carbocycles. The Bertz CT molecular complexity index is 189. The maximum atomic E-state index is 12.8. The zero-order chi connectivity index (χ0) is 9.19. The Balaban J connectivity index is 2.58. The number of amidine groups is 1. The van der Waals surface area contributed by atoms with Gasteiger partial charge in [0, 0.05) is 25.8 Å². The summed E-state index contributed by atoms with van der Waals surface area (Å²) in [6, 6.07) is 0. The quantitative estimate of drug-likeness (QED) is 0.480. The minimum atomic E-state index is -2.53. The molecule has 1 unspecified atom stereocenters. The van der Waals surface area contributed by atoms with Crippen molar-refractivity contribution in [3.63, 3.8) is 0 Å². The zero-order valence-electron chi connectivity index (χ0n) is 7.19. The molecule has 2 N–H and O–H groups in total. The van der Waals surface area contributed by atoms with E-state index in [2.05, 4.69) is 4.99 Å². The molecule has 0 aromatic heterocycles. The van der Waals surface area contributed by atoms with Gasteiger partial charge in [-0.2, -0.15) is 0 Å². The fourth-order valence-electron chi connectivity index (χ4n) is 1.61. The molecule has 0 bridgehead atoms. The van der Waals surface area contributed by atoms with Crippen LogP contribution >= 0.6 is 0 Å². The fourth-order valence-corrected chi connectivity index (χ4v) is 1.61. The summed E-state index contributed by atoms with van der Waals surface area (Å²) < 4.78 is 25.7. The highest BCUT2D eigenvalue weighted by molar-refractivity contribution is 5.82. The van der Waals surface area contributed by atoms with Crippen molar-refractivity contribution >= 4 is 5.84 Å². The highest BCUT2D eigenvalue weighted by Gasteiger charge is 2.37. The van der Waals surface area contributed by atoms with Crippen LogP contribution in [0.3, 0.4) is 0 Å². The van der Waals surface area contributed by atoms with Gasteiger partial charge in [-0.1, -0.05) is 0 Å². The largest absolute Gasteiger partial charge is 0.387 e. The molecule has 0 spiro atoms. The Morgan fingerprint density at radius 2 is 2.25 bits per heavy atom. The first-order valence-corrected chi connectivity index (χ1v) is 4.15. The molecule has 0 aromatic rings. The molecule has 0 amide bonds. The van der Waals surface area contributed by atoms with Crippen LogP contribution in [0, 0.1) is 5.92 Å². The van der Waals surface area contributed by atoms with Gasteiger partial charge in [0.05, 0.1) is 5.84 Å². The molecule has 1 aliphatic rings. The van der Waals surface area contributed by atoms with E-state index in [4.69, 9.17) is 5.73 Å². The monoisotopic (exact) mass is 176 g/mol. The molecule has 0 heterocycles. The van der Waals surface area contributed by atoms with Crippen LogP contribution in [-0.2, 0) is 0 Å². The van der Waals surface area contributed by atoms with Crippen molar-refractivity contribution in [3.05, 3.63) is 0 Å². The van der Waals surface area contributed by atoms with E-state index in [1.165, 1.54) is 0 Å². The van der Waals surface area contributed by atoms with Crippen molar-refractivity contribution in [1.82, 2.24) is 0 Å².